The van der Waals surface area contributed by atoms with Crippen LogP contribution >= 0.6 is 0 Å². The summed E-state index contributed by atoms with van der Waals surface area (Å²) < 4.78 is 10.8. The normalized spacial score (nSPS) is 25.1. The van der Waals surface area contributed by atoms with Gasteiger partial charge in [-0.15, -0.1) is 0 Å². The van der Waals surface area contributed by atoms with Crippen LogP contribution in [0.25, 0.3) is 0 Å². The van der Waals surface area contributed by atoms with E-state index in [0.29, 0.717) is 5.88 Å². The number of ether oxygens (including phenoxy) is 2. The van der Waals surface area contributed by atoms with Crippen LogP contribution in [-0.2, 0) is 0 Å². The number of methoxy groups -OCH3 is 1. The van der Waals surface area contributed by atoms with Gasteiger partial charge in [0.2, 0.25) is 5.88 Å². The zero-order valence-corrected chi connectivity index (χ0v) is 9.56. The largest absolute Gasteiger partial charge is 0.495 e. The number of nitrogens with two attached hydrogens (primary N) is 1. The van der Waals surface area contributed by atoms with Crippen LogP contribution in [0.3, 0.4) is 0 Å². The van der Waals surface area contributed by atoms with E-state index in [4.69, 9.17) is 15.2 Å². The van der Waals surface area contributed by atoms with E-state index in [2.05, 4.69) is 4.98 Å². The summed E-state index contributed by atoms with van der Waals surface area (Å²) in [7, 11) is 1.62. The molecule has 0 radical (unpaired) electrons. The van der Waals surface area contributed by atoms with Gasteiger partial charge in [-0.25, -0.2) is 4.98 Å². The molecule has 2 rings (SSSR count). The molecule has 0 spiro atoms. The van der Waals surface area contributed by atoms with Gasteiger partial charge in [-0.2, -0.15) is 0 Å². The number of aromatic nitrogens is 1. The molecule has 1 fully saturated rings. The van der Waals surface area contributed by atoms with Crippen LogP contribution < -0.4 is 15.2 Å². The Labute approximate surface area is 95.8 Å². The fourth-order valence-corrected chi connectivity index (χ4v) is 1.98. The van der Waals surface area contributed by atoms with Crippen LogP contribution in [0.15, 0.2) is 18.3 Å². The molecular formula is C12H18N2O2. The number of pyridine rings is 1. The molecule has 1 aromatic heterocycles. The molecule has 4 nitrogen and oxygen atoms in total. The fourth-order valence-electron chi connectivity index (χ4n) is 1.98. The smallest absolute Gasteiger partial charge is 0.213 e. The minimum absolute atomic E-state index is 0.106. The quantitative estimate of drug-likeness (QED) is 0.846. The fraction of sp³-hybridized carbons (Fsp3) is 0.583. The first-order valence-corrected chi connectivity index (χ1v) is 5.72. The van der Waals surface area contributed by atoms with Crippen molar-refractivity contribution in [2.45, 2.75) is 37.8 Å². The maximum Gasteiger partial charge on any atom is 0.213 e. The van der Waals surface area contributed by atoms with Gasteiger partial charge in [0.1, 0.15) is 11.9 Å². The molecule has 2 atom stereocenters. The molecule has 1 aliphatic carbocycles. The summed E-state index contributed by atoms with van der Waals surface area (Å²) >= 11 is 0. The number of hydrogen-bond acceptors (Lipinski definition) is 4. The Balaban J connectivity index is 1.96. The van der Waals surface area contributed by atoms with Gasteiger partial charge in [-0.1, -0.05) is 6.42 Å². The number of nitrogens with zero attached hydrogens (tertiary/aromatic N) is 1. The zero-order chi connectivity index (χ0) is 11.4. The monoisotopic (exact) mass is 222 g/mol. The van der Waals surface area contributed by atoms with E-state index in [0.717, 1.165) is 18.6 Å². The molecule has 88 valence electrons. The van der Waals surface area contributed by atoms with Gasteiger partial charge < -0.3 is 15.2 Å². The first kappa shape index (κ1) is 11.2. The molecule has 4 heteroatoms. The van der Waals surface area contributed by atoms with E-state index < -0.39 is 0 Å². The molecule has 0 bridgehead atoms. The zero-order valence-electron chi connectivity index (χ0n) is 9.56. The average Bonchev–Trinajstić information content (AvgIpc) is 2.33. The predicted octanol–water partition coefficient (Wildman–Crippen LogP) is 1.74. The minimum Gasteiger partial charge on any atom is -0.495 e. The molecule has 16 heavy (non-hydrogen) atoms. The Hall–Kier alpha value is -1.29. The first-order valence-electron chi connectivity index (χ1n) is 5.72. The summed E-state index contributed by atoms with van der Waals surface area (Å²) in [5.41, 5.74) is 6.01. The Morgan fingerprint density at radius 3 is 2.75 bits per heavy atom. The van der Waals surface area contributed by atoms with Gasteiger partial charge in [0.05, 0.1) is 13.3 Å². The summed E-state index contributed by atoms with van der Waals surface area (Å²) in [6, 6.07) is 3.80. The van der Waals surface area contributed by atoms with Crippen molar-refractivity contribution in [1.29, 1.82) is 0 Å². The lowest BCUT2D eigenvalue weighted by Gasteiger charge is -2.28. The number of rotatable bonds is 3. The summed E-state index contributed by atoms with van der Waals surface area (Å²) in [5, 5.41) is 0. The molecule has 1 aromatic rings. The van der Waals surface area contributed by atoms with Gasteiger partial charge in [0.25, 0.3) is 0 Å². The van der Waals surface area contributed by atoms with E-state index in [-0.39, 0.29) is 12.1 Å². The minimum atomic E-state index is 0.106. The van der Waals surface area contributed by atoms with Crippen molar-refractivity contribution < 1.29 is 9.47 Å². The summed E-state index contributed by atoms with van der Waals surface area (Å²) in [6.45, 7) is 0. The van der Waals surface area contributed by atoms with Crippen LogP contribution in [0.5, 0.6) is 11.6 Å². The van der Waals surface area contributed by atoms with Crippen molar-refractivity contribution in [2.24, 2.45) is 5.73 Å². The molecule has 0 aromatic carbocycles. The third-order valence-electron chi connectivity index (χ3n) is 2.97. The Morgan fingerprint density at radius 2 is 2.12 bits per heavy atom. The SMILES string of the molecule is COc1ccc(OC2CCCCC2N)nc1. The summed E-state index contributed by atoms with van der Waals surface area (Å²) in [5.74, 6) is 1.36. The molecule has 1 aliphatic rings. The van der Waals surface area contributed by atoms with Crippen molar-refractivity contribution in [3.05, 3.63) is 18.3 Å². The standard InChI is InChI=1S/C12H18N2O2/c1-15-9-6-7-12(14-8-9)16-11-5-3-2-4-10(11)13/h6-8,10-11H,2-5,13H2,1H3. The van der Waals surface area contributed by atoms with E-state index >= 15 is 0 Å². The van der Waals surface area contributed by atoms with Gasteiger partial charge in [0, 0.05) is 12.1 Å². The molecule has 0 aliphatic heterocycles. The molecular weight excluding hydrogens is 204 g/mol. The van der Waals surface area contributed by atoms with Crippen LogP contribution in [0.4, 0.5) is 0 Å². The maximum atomic E-state index is 6.01. The Bertz CT molecular complexity index is 326. The Morgan fingerprint density at radius 1 is 1.31 bits per heavy atom. The molecule has 2 N–H and O–H groups in total. The molecule has 1 heterocycles. The van der Waals surface area contributed by atoms with Crippen LogP contribution in [0, 0.1) is 0 Å². The lowest BCUT2D eigenvalue weighted by Crippen LogP contribution is -2.41. The highest BCUT2D eigenvalue weighted by Crippen LogP contribution is 2.22. The molecule has 2 unspecified atom stereocenters. The van der Waals surface area contributed by atoms with Gasteiger partial charge >= 0.3 is 0 Å². The second-order valence-electron chi connectivity index (χ2n) is 4.14. The highest BCUT2D eigenvalue weighted by atomic mass is 16.5. The molecule has 0 amide bonds. The van der Waals surface area contributed by atoms with E-state index in [9.17, 15) is 0 Å². The number of hydrogen-bond donors (Lipinski definition) is 1. The lowest BCUT2D eigenvalue weighted by atomic mass is 9.93. The summed E-state index contributed by atoms with van der Waals surface area (Å²) in [4.78, 5) is 4.18. The maximum absolute atomic E-state index is 6.01. The third-order valence-corrected chi connectivity index (χ3v) is 2.97. The van der Waals surface area contributed by atoms with Crippen LogP contribution in [0.2, 0.25) is 0 Å². The first-order chi connectivity index (χ1) is 7.79. The topological polar surface area (TPSA) is 57.4 Å². The second kappa shape index (κ2) is 5.16. The predicted molar refractivity (Wildman–Crippen MR) is 61.6 cm³/mol. The van der Waals surface area contributed by atoms with Gasteiger partial charge in [-0.3, -0.25) is 0 Å². The van der Waals surface area contributed by atoms with E-state index in [1.807, 2.05) is 12.1 Å². The van der Waals surface area contributed by atoms with Crippen molar-refractivity contribution >= 4 is 0 Å². The second-order valence-corrected chi connectivity index (χ2v) is 4.14. The van der Waals surface area contributed by atoms with Gasteiger partial charge in [0.15, 0.2) is 0 Å². The van der Waals surface area contributed by atoms with E-state index in [1.165, 1.54) is 12.8 Å². The van der Waals surface area contributed by atoms with Gasteiger partial charge in [-0.05, 0) is 25.3 Å². The van der Waals surface area contributed by atoms with Crippen molar-refractivity contribution in [3.8, 4) is 11.6 Å². The van der Waals surface area contributed by atoms with Crippen molar-refractivity contribution in [3.63, 3.8) is 0 Å². The summed E-state index contributed by atoms with van der Waals surface area (Å²) in [6.07, 6.45) is 6.22. The van der Waals surface area contributed by atoms with E-state index in [1.54, 1.807) is 13.3 Å². The average molecular weight is 222 g/mol. The van der Waals surface area contributed by atoms with Crippen LogP contribution in [-0.4, -0.2) is 24.2 Å². The van der Waals surface area contributed by atoms with Crippen LogP contribution in [0.1, 0.15) is 25.7 Å². The molecule has 1 saturated carbocycles. The lowest BCUT2D eigenvalue weighted by molar-refractivity contribution is 0.126. The van der Waals surface area contributed by atoms with Crippen molar-refractivity contribution in [2.75, 3.05) is 7.11 Å². The van der Waals surface area contributed by atoms with Crippen molar-refractivity contribution in [1.82, 2.24) is 4.98 Å². The highest BCUT2D eigenvalue weighted by molar-refractivity contribution is 5.22. The Kier molecular flexibility index (Phi) is 3.62. The highest BCUT2D eigenvalue weighted by Gasteiger charge is 2.23. The third kappa shape index (κ3) is 2.64. The molecule has 0 saturated heterocycles.